The Balaban J connectivity index is 1.89. The minimum atomic E-state index is 0.295. The van der Waals surface area contributed by atoms with Gasteiger partial charge in [0.1, 0.15) is 0 Å². The molecule has 2 rings (SSSR count). The van der Waals surface area contributed by atoms with E-state index >= 15 is 0 Å². The van der Waals surface area contributed by atoms with Crippen molar-refractivity contribution in [1.29, 1.82) is 0 Å². The average Bonchev–Trinajstić information content (AvgIpc) is 2.53. The van der Waals surface area contributed by atoms with Crippen molar-refractivity contribution < 1.29 is 0 Å². The van der Waals surface area contributed by atoms with E-state index in [1.807, 2.05) is 12.4 Å². The van der Waals surface area contributed by atoms with Gasteiger partial charge in [-0.3, -0.25) is 16.3 Å². The third kappa shape index (κ3) is 4.96. The highest BCUT2D eigenvalue weighted by Crippen LogP contribution is 2.16. The highest BCUT2D eigenvalue weighted by Gasteiger charge is 2.08. The predicted molar refractivity (Wildman–Crippen MR) is 87.9 cm³/mol. The first kappa shape index (κ1) is 15.7. The molecule has 1 heterocycles. The van der Waals surface area contributed by atoms with Gasteiger partial charge in [0.25, 0.3) is 0 Å². The summed E-state index contributed by atoms with van der Waals surface area (Å²) in [6.07, 6.45) is 6.67. The topological polar surface area (TPSA) is 50.9 Å². The van der Waals surface area contributed by atoms with Crippen molar-refractivity contribution in [3.63, 3.8) is 0 Å². The number of pyridine rings is 1. The van der Waals surface area contributed by atoms with Crippen molar-refractivity contribution in [2.24, 2.45) is 5.84 Å². The fourth-order valence-corrected chi connectivity index (χ4v) is 2.46. The number of hydrogen-bond donors (Lipinski definition) is 2. The van der Waals surface area contributed by atoms with Crippen molar-refractivity contribution in [2.45, 2.75) is 45.1 Å². The number of nitrogens with zero attached hydrogens (tertiary/aromatic N) is 1. The molecule has 3 nitrogen and oxygen atoms in total. The van der Waals surface area contributed by atoms with Crippen molar-refractivity contribution in [2.75, 3.05) is 0 Å². The predicted octanol–water partition coefficient (Wildman–Crippen LogP) is 3.21. The summed E-state index contributed by atoms with van der Waals surface area (Å²) in [6, 6.07) is 13.3. The molecule has 21 heavy (non-hydrogen) atoms. The first-order valence-corrected chi connectivity index (χ1v) is 7.63. The van der Waals surface area contributed by atoms with Gasteiger partial charge in [-0.1, -0.05) is 38.1 Å². The van der Waals surface area contributed by atoms with E-state index in [0.717, 1.165) is 19.3 Å². The van der Waals surface area contributed by atoms with Gasteiger partial charge in [0.05, 0.1) is 0 Å². The Morgan fingerprint density at radius 1 is 1.00 bits per heavy atom. The summed E-state index contributed by atoms with van der Waals surface area (Å²) >= 11 is 0. The van der Waals surface area contributed by atoms with Crippen molar-refractivity contribution in [3.05, 3.63) is 65.5 Å². The molecular formula is C18H25N3. The third-order valence-electron chi connectivity index (χ3n) is 3.90. The van der Waals surface area contributed by atoms with Crippen LogP contribution in [0.1, 0.15) is 42.9 Å². The van der Waals surface area contributed by atoms with Gasteiger partial charge < -0.3 is 0 Å². The second kappa shape index (κ2) is 7.91. The summed E-state index contributed by atoms with van der Waals surface area (Å²) in [7, 11) is 0. The SMILES string of the molecule is CC(C)c1ccc(CC(CCc2ccncc2)NN)cc1. The highest BCUT2D eigenvalue weighted by atomic mass is 15.2. The summed E-state index contributed by atoms with van der Waals surface area (Å²) in [5, 5.41) is 0. The number of aryl methyl sites for hydroxylation is 1. The lowest BCUT2D eigenvalue weighted by molar-refractivity contribution is 0.491. The fourth-order valence-electron chi connectivity index (χ4n) is 2.46. The summed E-state index contributed by atoms with van der Waals surface area (Å²) in [5.74, 6) is 6.28. The molecule has 0 aliphatic heterocycles. The Morgan fingerprint density at radius 2 is 1.67 bits per heavy atom. The first-order chi connectivity index (χ1) is 10.2. The second-order valence-corrected chi connectivity index (χ2v) is 5.86. The molecule has 0 amide bonds. The lowest BCUT2D eigenvalue weighted by Crippen LogP contribution is -2.37. The molecule has 0 saturated carbocycles. The number of nitrogens with two attached hydrogens (primary N) is 1. The van der Waals surface area contributed by atoms with Crippen LogP contribution in [0.25, 0.3) is 0 Å². The molecule has 0 radical (unpaired) electrons. The number of rotatable bonds is 7. The monoisotopic (exact) mass is 283 g/mol. The van der Waals surface area contributed by atoms with Crippen molar-refractivity contribution >= 4 is 0 Å². The van der Waals surface area contributed by atoms with E-state index in [4.69, 9.17) is 5.84 Å². The molecule has 0 aliphatic rings. The van der Waals surface area contributed by atoms with Crippen LogP contribution in [0.3, 0.4) is 0 Å². The zero-order valence-corrected chi connectivity index (χ0v) is 12.9. The van der Waals surface area contributed by atoms with Gasteiger partial charge in [-0.2, -0.15) is 0 Å². The van der Waals surface area contributed by atoms with E-state index in [1.54, 1.807) is 0 Å². The van der Waals surface area contributed by atoms with Gasteiger partial charge in [0.15, 0.2) is 0 Å². The number of nitrogens with one attached hydrogen (secondary N) is 1. The average molecular weight is 283 g/mol. The van der Waals surface area contributed by atoms with E-state index in [9.17, 15) is 0 Å². The molecule has 0 spiro atoms. The van der Waals surface area contributed by atoms with E-state index in [1.165, 1.54) is 16.7 Å². The maximum atomic E-state index is 5.70. The molecule has 0 saturated heterocycles. The lowest BCUT2D eigenvalue weighted by Gasteiger charge is -2.16. The zero-order chi connectivity index (χ0) is 15.1. The Labute approximate surface area is 127 Å². The molecule has 0 aliphatic carbocycles. The normalized spacial score (nSPS) is 12.6. The standard InChI is InChI=1S/C18H25N3/c1-14(2)17-6-3-16(4-7-17)13-18(21-19)8-5-15-9-11-20-12-10-15/h3-4,6-7,9-12,14,18,21H,5,8,13,19H2,1-2H3. The summed E-state index contributed by atoms with van der Waals surface area (Å²) < 4.78 is 0. The van der Waals surface area contributed by atoms with Gasteiger partial charge in [0, 0.05) is 18.4 Å². The molecule has 2 aromatic rings. The number of hydrazine groups is 1. The molecule has 3 heteroatoms. The molecule has 0 bridgehead atoms. The molecule has 1 aromatic heterocycles. The smallest absolute Gasteiger partial charge is 0.0270 e. The summed E-state index contributed by atoms with van der Waals surface area (Å²) in [6.45, 7) is 4.43. The van der Waals surface area contributed by atoms with Crippen LogP contribution in [0.5, 0.6) is 0 Å². The van der Waals surface area contributed by atoms with Crippen LogP contribution in [-0.2, 0) is 12.8 Å². The molecule has 0 fully saturated rings. The van der Waals surface area contributed by atoms with Crippen LogP contribution in [0, 0.1) is 0 Å². The molecule has 112 valence electrons. The largest absolute Gasteiger partial charge is 0.271 e. The van der Waals surface area contributed by atoms with Gasteiger partial charge >= 0.3 is 0 Å². The lowest BCUT2D eigenvalue weighted by atomic mass is 9.97. The van der Waals surface area contributed by atoms with E-state index in [0.29, 0.717) is 12.0 Å². The van der Waals surface area contributed by atoms with E-state index in [2.05, 4.69) is 60.7 Å². The van der Waals surface area contributed by atoms with Gasteiger partial charge in [-0.15, -0.1) is 0 Å². The summed E-state index contributed by atoms with van der Waals surface area (Å²) in [4.78, 5) is 4.04. The minimum Gasteiger partial charge on any atom is -0.271 e. The van der Waals surface area contributed by atoms with E-state index < -0.39 is 0 Å². The van der Waals surface area contributed by atoms with Crippen LogP contribution in [0.4, 0.5) is 0 Å². The maximum absolute atomic E-state index is 5.70. The van der Waals surface area contributed by atoms with Gasteiger partial charge in [0.2, 0.25) is 0 Å². The van der Waals surface area contributed by atoms with Crippen LogP contribution in [0.2, 0.25) is 0 Å². The van der Waals surface area contributed by atoms with Crippen LogP contribution in [0.15, 0.2) is 48.8 Å². The number of aromatic nitrogens is 1. The molecule has 3 N–H and O–H groups in total. The van der Waals surface area contributed by atoms with Gasteiger partial charge in [-0.05, 0) is 54.0 Å². The van der Waals surface area contributed by atoms with Gasteiger partial charge in [-0.25, -0.2) is 0 Å². The molecule has 1 atom stereocenters. The second-order valence-electron chi connectivity index (χ2n) is 5.86. The van der Waals surface area contributed by atoms with Crippen LogP contribution in [-0.4, -0.2) is 11.0 Å². The molecule has 1 unspecified atom stereocenters. The Kier molecular flexibility index (Phi) is 5.90. The minimum absolute atomic E-state index is 0.295. The van der Waals surface area contributed by atoms with E-state index in [-0.39, 0.29) is 0 Å². The number of benzene rings is 1. The fraction of sp³-hybridized carbons (Fsp3) is 0.389. The van der Waals surface area contributed by atoms with Crippen molar-refractivity contribution in [1.82, 2.24) is 10.4 Å². The number of hydrogen-bond acceptors (Lipinski definition) is 3. The highest BCUT2D eigenvalue weighted by molar-refractivity contribution is 5.25. The summed E-state index contributed by atoms with van der Waals surface area (Å²) in [5.41, 5.74) is 6.96. The maximum Gasteiger partial charge on any atom is 0.0270 e. The Hall–Kier alpha value is -1.71. The third-order valence-corrected chi connectivity index (χ3v) is 3.90. The Morgan fingerprint density at radius 3 is 2.24 bits per heavy atom. The molecule has 1 aromatic carbocycles. The Bertz CT molecular complexity index is 520. The molecular weight excluding hydrogens is 258 g/mol. The van der Waals surface area contributed by atoms with Crippen molar-refractivity contribution in [3.8, 4) is 0 Å². The van der Waals surface area contributed by atoms with Crippen LogP contribution < -0.4 is 11.3 Å². The first-order valence-electron chi connectivity index (χ1n) is 7.63. The zero-order valence-electron chi connectivity index (χ0n) is 12.9. The quantitative estimate of drug-likeness (QED) is 0.606. The van der Waals surface area contributed by atoms with Crippen LogP contribution >= 0.6 is 0 Å².